The van der Waals surface area contributed by atoms with E-state index in [1.54, 1.807) is 20.1 Å². The first-order chi connectivity index (χ1) is 9.47. The molecule has 0 fully saturated rings. The Morgan fingerprint density at radius 1 is 1.40 bits per heavy atom. The number of halogens is 1. The van der Waals surface area contributed by atoms with Crippen molar-refractivity contribution in [1.29, 1.82) is 0 Å². The number of para-hydroxylation sites is 1. The Labute approximate surface area is 125 Å². The average molecular weight is 300 g/mol. The molecule has 20 heavy (non-hydrogen) atoms. The SMILES string of the molecule is CCOC(=O)C(COC)(Nc1ccccc1Cl)C(C)C. The average Bonchev–Trinajstić information content (AvgIpc) is 2.40. The van der Waals surface area contributed by atoms with E-state index in [4.69, 9.17) is 21.1 Å². The third-order valence-corrected chi connectivity index (χ3v) is 3.56. The largest absolute Gasteiger partial charge is 0.464 e. The van der Waals surface area contributed by atoms with E-state index in [9.17, 15) is 4.79 Å². The molecule has 4 nitrogen and oxygen atoms in total. The van der Waals surface area contributed by atoms with Gasteiger partial charge in [-0.1, -0.05) is 37.6 Å². The number of carbonyl (C=O) groups is 1. The Bertz CT molecular complexity index is 450. The second-order valence-electron chi connectivity index (χ2n) is 4.88. The second-order valence-corrected chi connectivity index (χ2v) is 5.29. The van der Waals surface area contributed by atoms with Crippen molar-refractivity contribution in [3.63, 3.8) is 0 Å². The van der Waals surface area contributed by atoms with Crippen LogP contribution in [0.25, 0.3) is 0 Å². The van der Waals surface area contributed by atoms with Gasteiger partial charge in [0.1, 0.15) is 0 Å². The minimum atomic E-state index is -0.963. The molecule has 0 aliphatic rings. The summed E-state index contributed by atoms with van der Waals surface area (Å²) in [7, 11) is 1.56. The van der Waals surface area contributed by atoms with E-state index in [-0.39, 0.29) is 18.5 Å². The fourth-order valence-electron chi connectivity index (χ4n) is 1.98. The van der Waals surface area contributed by atoms with Crippen LogP contribution in [0, 0.1) is 5.92 Å². The third kappa shape index (κ3) is 3.64. The van der Waals surface area contributed by atoms with Crippen molar-refractivity contribution in [1.82, 2.24) is 0 Å². The van der Waals surface area contributed by atoms with Gasteiger partial charge in [-0.15, -0.1) is 0 Å². The van der Waals surface area contributed by atoms with Crippen LogP contribution in [0.15, 0.2) is 24.3 Å². The number of rotatable bonds is 7. The molecule has 1 N–H and O–H groups in total. The molecular weight excluding hydrogens is 278 g/mol. The summed E-state index contributed by atoms with van der Waals surface area (Å²) in [6.07, 6.45) is 0. The van der Waals surface area contributed by atoms with Gasteiger partial charge in [0.2, 0.25) is 0 Å². The van der Waals surface area contributed by atoms with Crippen molar-refractivity contribution in [2.75, 3.05) is 25.6 Å². The van der Waals surface area contributed by atoms with E-state index in [0.29, 0.717) is 17.3 Å². The lowest BCUT2D eigenvalue weighted by Gasteiger charge is -2.36. The molecule has 0 amide bonds. The van der Waals surface area contributed by atoms with E-state index >= 15 is 0 Å². The topological polar surface area (TPSA) is 47.6 Å². The number of ether oxygens (including phenoxy) is 2. The van der Waals surface area contributed by atoms with Crippen molar-refractivity contribution < 1.29 is 14.3 Å². The minimum absolute atomic E-state index is 0.0298. The van der Waals surface area contributed by atoms with Gasteiger partial charge in [0.15, 0.2) is 5.54 Å². The molecule has 0 aliphatic carbocycles. The van der Waals surface area contributed by atoms with Crippen molar-refractivity contribution in [2.45, 2.75) is 26.3 Å². The molecule has 0 bridgehead atoms. The monoisotopic (exact) mass is 299 g/mol. The van der Waals surface area contributed by atoms with Gasteiger partial charge in [-0.25, -0.2) is 4.79 Å². The fourth-order valence-corrected chi connectivity index (χ4v) is 2.17. The zero-order chi connectivity index (χ0) is 15.2. The maximum atomic E-state index is 12.4. The summed E-state index contributed by atoms with van der Waals surface area (Å²) in [6.45, 7) is 6.20. The number of anilines is 1. The Hall–Kier alpha value is -1.26. The molecule has 112 valence electrons. The lowest BCUT2D eigenvalue weighted by molar-refractivity contribution is -0.152. The highest BCUT2D eigenvalue weighted by atomic mass is 35.5. The predicted octanol–water partition coefficient (Wildman–Crippen LogP) is 3.36. The van der Waals surface area contributed by atoms with Crippen LogP contribution in [-0.2, 0) is 14.3 Å². The van der Waals surface area contributed by atoms with Crippen molar-refractivity contribution >= 4 is 23.3 Å². The Balaban J connectivity index is 3.15. The smallest absolute Gasteiger partial charge is 0.334 e. The van der Waals surface area contributed by atoms with Crippen LogP contribution >= 0.6 is 11.6 Å². The Morgan fingerprint density at radius 2 is 2.05 bits per heavy atom. The molecule has 1 aromatic rings. The maximum Gasteiger partial charge on any atom is 0.334 e. The molecule has 1 atom stereocenters. The first-order valence-corrected chi connectivity index (χ1v) is 7.04. The maximum absolute atomic E-state index is 12.4. The first kappa shape index (κ1) is 16.8. The highest BCUT2D eigenvalue weighted by Crippen LogP contribution is 2.29. The molecule has 0 heterocycles. The lowest BCUT2D eigenvalue weighted by atomic mass is 9.86. The van der Waals surface area contributed by atoms with Crippen LogP contribution in [0.4, 0.5) is 5.69 Å². The van der Waals surface area contributed by atoms with E-state index in [1.807, 2.05) is 32.0 Å². The number of methoxy groups -OCH3 is 1. The number of hydrogen-bond donors (Lipinski definition) is 1. The normalized spacial score (nSPS) is 13.9. The van der Waals surface area contributed by atoms with Gasteiger partial charge in [-0.3, -0.25) is 0 Å². The van der Waals surface area contributed by atoms with Crippen LogP contribution in [0.3, 0.4) is 0 Å². The molecule has 1 aromatic carbocycles. The number of nitrogens with one attached hydrogen (secondary N) is 1. The zero-order valence-corrected chi connectivity index (χ0v) is 13.2. The molecule has 0 saturated carbocycles. The fraction of sp³-hybridized carbons (Fsp3) is 0.533. The Kier molecular flexibility index (Phi) is 6.30. The summed E-state index contributed by atoms with van der Waals surface area (Å²) in [5, 5.41) is 3.77. The quantitative estimate of drug-likeness (QED) is 0.784. The van der Waals surface area contributed by atoms with Crippen molar-refractivity contribution in [3.8, 4) is 0 Å². The first-order valence-electron chi connectivity index (χ1n) is 6.66. The number of esters is 1. The molecule has 0 aromatic heterocycles. The van der Waals surface area contributed by atoms with E-state index in [2.05, 4.69) is 5.32 Å². The van der Waals surface area contributed by atoms with Gasteiger partial charge in [0, 0.05) is 7.11 Å². The van der Waals surface area contributed by atoms with E-state index in [1.165, 1.54) is 0 Å². The number of benzene rings is 1. The molecular formula is C15H22ClNO3. The van der Waals surface area contributed by atoms with Crippen LogP contribution in [0.2, 0.25) is 5.02 Å². The molecule has 0 spiro atoms. The Morgan fingerprint density at radius 3 is 2.55 bits per heavy atom. The van der Waals surface area contributed by atoms with Crippen LogP contribution in [0.1, 0.15) is 20.8 Å². The van der Waals surface area contributed by atoms with Gasteiger partial charge >= 0.3 is 5.97 Å². The highest BCUT2D eigenvalue weighted by molar-refractivity contribution is 6.33. The summed E-state index contributed by atoms with van der Waals surface area (Å²) >= 11 is 6.16. The zero-order valence-electron chi connectivity index (χ0n) is 12.4. The van der Waals surface area contributed by atoms with Gasteiger partial charge in [0.05, 0.1) is 23.9 Å². The van der Waals surface area contributed by atoms with Gasteiger partial charge in [0.25, 0.3) is 0 Å². The second kappa shape index (κ2) is 7.50. The van der Waals surface area contributed by atoms with Gasteiger partial charge in [-0.05, 0) is 25.0 Å². The molecule has 1 unspecified atom stereocenters. The van der Waals surface area contributed by atoms with E-state index < -0.39 is 5.54 Å². The summed E-state index contributed by atoms with van der Waals surface area (Å²) < 4.78 is 10.5. The van der Waals surface area contributed by atoms with Gasteiger partial charge in [-0.2, -0.15) is 0 Å². The summed E-state index contributed by atoms with van der Waals surface area (Å²) in [6, 6.07) is 7.30. The van der Waals surface area contributed by atoms with Crippen molar-refractivity contribution in [2.24, 2.45) is 5.92 Å². The molecule has 5 heteroatoms. The van der Waals surface area contributed by atoms with Crippen LogP contribution in [-0.4, -0.2) is 31.8 Å². The standard InChI is InChI=1S/C15H22ClNO3/c1-5-20-14(18)15(10-19-4,11(2)3)17-13-9-7-6-8-12(13)16/h6-9,11,17H,5,10H2,1-4H3. The van der Waals surface area contributed by atoms with Gasteiger partial charge < -0.3 is 14.8 Å². The predicted molar refractivity (Wildman–Crippen MR) is 81.2 cm³/mol. The third-order valence-electron chi connectivity index (χ3n) is 3.23. The number of carbonyl (C=O) groups excluding carboxylic acids is 1. The summed E-state index contributed by atoms with van der Waals surface area (Å²) in [5.41, 5.74) is -0.275. The summed E-state index contributed by atoms with van der Waals surface area (Å²) in [5.74, 6) is -0.366. The highest BCUT2D eigenvalue weighted by Gasteiger charge is 2.43. The lowest BCUT2D eigenvalue weighted by Crippen LogP contribution is -2.55. The molecule has 0 aliphatic heterocycles. The molecule has 1 rings (SSSR count). The minimum Gasteiger partial charge on any atom is -0.464 e. The van der Waals surface area contributed by atoms with Crippen LogP contribution < -0.4 is 5.32 Å². The summed E-state index contributed by atoms with van der Waals surface area (Å²) in [4.78, 5) is 12.4. The molecule has 0 radical (unpaired) electrons. The number of hydrogen-bond acceptors (Lipinski definition) is 4. The van der Waals surface area contributed by atoms with E-state index in [0.717, 1.165) is 0 Å². The van der Waals surface area contributed by atoms with Crippen molar-refractivity contribution in [3.05, 3.63) is 29.3 Å². The molecule has 0 saturated heterocycles. The van der Waals surface area contributed by atoms with Crippen LogP contribution in [0.5, 0.6) is 0 Å².